The molecule has 1 amide bonds. The van der Waals surface area contributed by atoms with Gasteiger partial charge in [-0.1, -0.05) is 0 Å². The van der Waals surface area contributed by atoms with Crippen molar-refractivity contribution < 1.29 is 13.9 Å². The normalized spacial score (nSPS) is 16.2. The second-order valence-corrected chi connectivity index (χ2v) is 5.66. The van der Waals surface area contributed by atoms with E-state index in [0.717, 1.165) is 29.9 Å². The zero-order valence-corrected chi connectivity index (χ0v) is 11.9. The number of hydrogen-bond donors (Lipinski definition) is 1. The molecule has 1 aliphatic heterocycles. The maximum Gasteiger partial charge on any atom is 0.223 e. The predicted molar refractivity (Wildman–Crippen MR) is 77.4 cm³/mol. The Kier molecular flexibility index (Phi) is 4.18. The lowest BCUT2D eigenvalue weighted by molar-refractivity contribution is -0.128. The fraction of sp³-hybridized carbons (Fsp3) is 0.400. The van der Waals surface area contributed by atoms with Gasteiger partial charge < -0.3 is 14.5 Å². The largest absolute Gasteiger partial charge is 0.459 e. The molecule has 0 bridgehead atoms. The minimum atomic E-state index is 0.0788. The van der Waals surface area contributed by atoms with Gasteiger partial charge in [0.1, 0.15) is 11.5 Å². The molecule has 0 aliphatic carbocycles. The molecule has 0 saturated carbocycles. The highest BCUT2D eigenvalue weighted by atomic mass is 32.1. The van der Waals surface area contributed by atoms with E-state index in [1.54, 1.807) is 11.3 Å². The van der Waals surface area contributed by atoms with Crippen LogP contribution in [0.4, 0.5) is 0 Å². The first-order valence-corrected chi connectivity index (χ1v) is 7.74. The summed E-state index contributed by atoms with van der Waals surface area (Å²) in [5.74, 6) is 1.81. The summed E-state index contributed by atoms with van der Waals surface area (Å²) in [5, 5.41) is 7.00. The number of carbonyl (C=O) groups excluding carboxylic acids is 1. The number of nitrogens with one attached hydrogen (secondary N) is 1. The Morgan fingerprint density at radius 2 is 2.15 bits per heavy atom. The summed E-state index contributed by atoms with van der Waals surface area (Å²) in [4.78, 5) is 12.0. The van der Waals surface area contributed by atoms with E-state index in [1.165, 1.54) is 0 Å². The molecule has 0 unspecified atom stereocenters. The Labute approximate surface area is 121 Å². The van der Waals surface area contributed by atoms with E-state index in [2.05, 4.69) is 5.32 Å². The Morgan fingerprint density at radius 3 is 2.90 bits per heavy atom. The third-order valence-electron chi connectivity index (χ3n) is 3.50. The summed E-state index contributed by atoms with van der Waals surface area (Å²) < 4.78 is 11.0. The molecule has 20 heavy (non-hydrogen) atoms. The molecule has 1 N–H and O–H groups in total. The lowest BCUT2D eigenvalue weighted by Crippen LogP contribution is -2.33. The van der Waals surface area contributed by atoms with Crippen LogP contribution in [-0.4, -0.2) is 19.1 Å². The first-order valence-electron chi connectivity index (χ1n) is 6.79. The van der Waals surface area contributed by atoms with Crippen LogP contribution in [0.25, 0.3) is 11.3 Å². The van der Waals surface area contributed by atoms with Gasteiger partial charge in [0, 0.05) is 30.1 Å². The second kappa shape index (κ2) is 6.24. The topological polar surface area (TPSA) is 51.5 Å². The van der Waals surface area contributed by atoms with Crippen molar-refractivity contribution in [3.63, 3.8) is 0 Å². The van der Waals surface area contributed by atoms with Crippen LogP contribution in [-0.2, 0) is 16.1 Å². The summed E-state index contributed by atoms with van der Waals surface area (Å²) in [5.41, 5.74) is 1.08. The first-order chi connectivity index (χ1) is 9.83. The second-order valence-electron chi connectivity index (χ2n) is 4.88. The van der Waals surface area contributed by atoms with Gasteiger partial charge in [-0.25, -0.2) is 0 Å². The van der Waals surface area contributed by atoms with E-state index < -0.39 is 0 Å². The van der Waals surface area contributed by atoms with Crippen LogP contribution in [0.2, 0.25) is 0 Å². The molecule has 2 aromatic rings. The van der Waals surface area contributed by atoms with E-state index in [-0.39, 0.29) is 11.8 Å². The number of furan rings is 1. The van der Waals surface area contributed by atoms with Crippen molar-refractivity contribution >= 4 is 17.2 Å². The fourth-order valence-corrected chi connectivity index (χ4v) is 2.96. The molecule has 3 heterocycles. The Balaban J connectivity index is 1.54. The molecule has 0 atom stereocenters. The quantitative estimate of drug-likeness (QED) is 0.942. The highest BCUT2D eigenvalue weighted by Gasteiger charge is 2.21. The lowest BCUT2D eigenvalue weighted by atomic mass is 9.99. The zero-order chi connectivity index (χ0) is 13.8. The van der Waals surface area contributed by atoms with Gasteiger partial charge in [-0.05, 0) is 36.4 Å². The lowest BCUT2D eigenvalue weighted by Gasteiger charge is -2.20. The van der Waals surface area contributed by atoms with Crippen LogP contribution < -0.4 is 5.32 Å². The summed E-state index contributed by atoms with van der Waals surface area (Å²) in [6, 6.07) is 5.88. The molecule has 4 nitrogen and oxygen atoms in total. The van der Waals surface area contributed by atoms with Gasteiger partial charge in [0.15, 0.2) is 0 Å². The molecule has 1 aliphatic rings. The standard InChI is InChI=1S/C15H17NO3S/c17-15(11-3-6-18-7-4-11)16-9-13-1-2-14(19-13)12-5-8-20-10-12/h1-2,5,8,10-11H,3-4,6-7,9H2,(H,16,17). The minimum absolute atomic E-state index is 0.0788. The van der Waals surface area contributed by atoms with E-state index >= 15 is 0 Å². The average molecular weight is 291 g/mol. The van der Waals surface area contributed by atoms with Crippen molar-refractivity contribution in [1.29, 1.82) is 0 Å². The van der Waals surface area contributed by atoms with Crippen LogP contribution in [0.15, 0.2) is 33.4 Å². The third-order valence-corrected chi connectivity index (χ3v) is 4.18. The molecule has 1 saturated heterocycles. The van der Waals surface area contributed by atoms with E-state index in [0.29, 0.717) is 19.8 Å². The predicted octanol–water partition coefficient (Wildman–Crippen LogP) is 3.05. The Morgan fingerprint density at radius 1 is 1.30 bits per heavy atom. The van der Waals surface area contributed by atoms with Crippen LogP contribution in [0.5, 0.6) is 0 Å². The Bertz CT molecular complexity index is 555. The number of hydrogen-bond acceptors (Lipinski definition) is 4. The molecule has 2 aromatic heterocycles. The van der Waals surface area contributed by atoms with Crippen LogP contribution >= 0.6 is 11.3 Å². The van der Waals surface area contributed by atoms with Gasteiger partial charge in [0.05, 0.1) is 6.54 Å². The summed E-state index contributed by atoms with van der Waals surface area (Å²) in [6.45, 7) is 1.81. The van der Waals surface area contributed by atoms with Crippen LogP contribution in [0.1, 0.15) is 18.6 Å². The smallest absolute Gasteiger partial charge is 0.223 e. The molecule has 3 rings (SSSR count). The molecule has 5 heteroatoms. The highest BCUT2D eigenvalue weighted by molar-refractivity contribution is 7.08. The number of rotatable bonds is 4. The molecule has 0 spiro atoms. The van der Waals surface area contributed by atoms with Gasteiger partial charge in [0.2, 0.25) is 5.91 Å². The van der Waals surface area contributed by atoms with Gasteiger partial charge >= 0.3 is 0 Å². The van der Waals surface area contributed by atoms with Gasteiger partial charge in [0.25, 0.3) is 0 Å². The van der Waals surface area contributed by atoms with Crippen molar-refractivity contribution in [2.45, 2.75) is 19.4 Å². The van der Waals surface area contributed by atoms with Crippen molar-refractivity contribution in [1.82, 2.24) is 5.32 Å². The third kappa shape index (κ3) is 3.11. The maximum atomic E-state index is 12.0. The van der Waals surface area contributed by atoms with Gasteiger partial charge in [-0.3, -0.25) is 4.79 Å². The monoisotopic (exact) mass is 291 g/mol. The van der Waals surface area contributed by atoms with Gasteiger partial charge in [-0.2, -0.15) is 11.3 Å². The summed E-state index contributed by atoms with van der Waals surface area (Å²) in [7, 11) is 0. The minimum Gasteiger partial charge on any atom is -0.459 e. The number of thiophene rings is 1. The van der Waals surface area contributed by atoms with Crippen molar-refractivity contribution in [2.75, 3.05) is 13.2 Å². The molecular weight excluding hydrogens is 274 g/mol. The zero-order valence-electron chi connectivity index (χ0n) is 11.1. The Hall–Kier alpha value is -1.59. The highest BCUT2D eigenvalue weighted by Crippen LogP contribution is 2.24. The van der Waals surface area contributed by atoms with E-state index in [4.69, 9.17) is 9.15 Å². The summed E-state index contributed by atoms with van der Waals surface area (Å²) in [6.07, 6.45) is 1.62. The van der Waals surface area contributed by atoms with Gasteiger partial charge in [-0.15, -0.1) is 0 Å². The van der Waals surface area contributed by atoms with Crippen LogP contribution in [0, 0.1) is 5.92 Å². The van der Waals surface area contributed by atoms with Crippen LogP contribution in [0.3, 0.4) is 0 Å². The maximum absolute atomic E-state index is 12.0. The van der Waals surface area contributed by atoms with Crippen molar-refractivity contribution in [3.05, 3.63) is 34.7 Å². The van der Waals surface area contributed by atoms with Crippen molar-refractivity contribution in [3.8, 4) is 11.3 Å². The molecular formula is C15H17NO3S. The van der Waals surface area contributed by atoms with E-state index in [9.17, 15) is 4.79 Å². The number of amides is 1. The molecule has 1 fully saturated rings. The number of ether oxygens (including phenoxy) is 1. The molecule has 106 valence electrons. The SMILES string of the molecule is O=C(NCc1ccc(-c2ccsc2)o1)C1CCOCC1. The number of carbonyl (C=O) groups is 1. The molecule has 0 radical (unpaired) electrons. The fourth-order valence-electron chi connectivity index (χ4n) is 2.31. The van der Waals surface area contributed by atoms with E-state index in [1.807, 2.05) is 29.0 Å². The summed E-state index contributed by atoms with van der Waals surface area (Å²) >= 11 is 1.64. The molecule has 0 aromatic carbocycles. The average Bonchev–Trinajstić information content (AvgIpc) is 3.16. The van der Waals surface area contributed by atoms with Crippen molar-refractivity contribution in [2.24, 2.45) is 5.92 Å². The first kappa shape index (κ1) is 13.4.